The molecule has 0 atom stereocenters. The van der Waals surface area contributed by atoms with Crippen LogP contribution in [0.3, 0.4) is 0 Å². The van der Waals surface area contributed by atoms with Crippen LogP contribution in [0.15, 0.2) is 72.8 Å². The quantitative estimate of drug-likeness (QED) is 0.235. The maximum Gasteiger partial charge on any atom is 0.226 e. The summed E-state index contributed by atoms with van der Waals surface area (Å²) in [5.41, 5.74) is 0.735. The zero-order chi connectivity index (χ0) is 24.2. The fourth-order valence-electron chi connectivity index (χ4n) is 2.83. The van der Waals surface area contributed by atoms with Gasteiger partial charge in [0.1, 0.15) is 30.5 Å². The molecule has 9 heteroatoms. The van der Waals surface area contributed by atoms with Crippen molar-refractivity contribution >= 4 is 52.1 Å². The molecule has 3 aromatic rings. The first kappa shape index (κ1) is 25.6. The summed E-state index contributed by atoms with van der Waals surface area (Å²) in [6.07, 6.45) is 0.762. The summed E-state index contributed by atoms with van der Waals surface area (Å²) in [6, 6.07) is 21.8. The van der Waals surface area contributed by atoms with Crippen LogP contribution in [-0.4, -0.2) is 30.8 Å². The van der Waals surface area contributed by atoms with Crippen molar-refractivity contribution in [3.05, 3.63) is 82.8 Å². The van der Waals surface area contributed by atoms with Gasteiger partial charge in [-0.3, -0.25) is 4.79 Å². The first-order valence-corrected chi connectivity index (χ1v) is 11.8. The first-order valence-electron chi connectivity index (χ1n) is 10.6. The summed E-state index contributed by atoms with van der Waals surface area (Å²) in [7, 11) is 0. The molecule has 6 nitrogen and oxygen atoms in total. The Bertz CT molecular complexity index is 1080. The van der Waals surface area contributed by atoms with Crippen molar-refractivity contribution in [1.82, 2.24) is 5.32 Å². The molecule has 1 amide bonds. The summed E-state index contributed by atoms with van der Waals surface area (Å²) in [5.74, 6) is 1.83. The molecule has 3 rings (SSSR count). The molecule has 2 N–H and O–H groups in total. The van der Waals surface area contributed by atoms with Crippen molar-refractivity contribution in [1.29, 1.82) is 0 Å². The van der Waals surface area contributed by atoms with Crippen LogP contribution >= 0.6 is 35.4 Å². The normalized spacial score (nSPS) is 10.3. The number of carbonyl (C=O) groups is 1. The number of halogens is 2. The van der Waals surface area contributed by atoms with Crippen molar-refractivity contribution in [2.75, 3.05) is 25.1 Å². The minimum absolute atomic E-state index is 0.207. The van der Waals surface area contributed by atoms with Crippen LogP contribution in [-0.2, 0) is 4.79 Å². The Morgan fingerprint density at radius 3 is 2.18 bits per heavy atom. The molecule has 0 bridgehead atoms. The molecule has 0 spiro atoms. The lowest BCUT2D eigenvalue weighted by Crippen LogP contribution is -2.34. The predicted octanol–water partition coefficient (Wildman–Crippen LogP) is 6.12. The van der Waals surface area contributed by atoms with Crippen molar-refractivity contribution < 1.29 is 19.0 Å². The summed E-state index contributed by atoms with van der Waals surface area (Å²) >= 11 is 17.1. The number of para-hydroxylation sites is 1. The Morgan fingerprint density at radius 1 is 0.824 bits per heavy atom. The first-order chi connectivity index (χ1) is 16.5. The summed E-state index contributed by atoms with van der Waals surface area (Å²) < 4.78 is 16.8. The van der Waals surface area contributed by atoms with Gasteiger partial charge in [-0.05, 0) is 73.2 Å². The number of hydrogen-bond acceptors (Lipinski definition) is 5. The van der Waals surface area contributed by atoms with Gasteiger partial charge in [0.05, 0.1) is 11.6 Å². The van der Waals surface area contributed by atoms with E-state index in [1.165, 1.54) is 0 Å². The lowest BCUT2D eigenvalue weighted by molar-refractivity contribution is -0.119. The van der Waals surface area contributed by atoms with E-state index in [1.807, 2.05) is 54.6 Å². The SMILES string of the molecule is O=C(CCCOc1ccc(Cl)cc1Cl)NC(=S)Nc1ccc(OCCOc2ccccc2)cc1. The lowest BCUT2D eigenvalue weighted by Gasteiger charge is -2.12. The molecule has 0 saturated carbocycles. The highest BCUT2D eigenvalue weighted by Gasteiger charge is 2.07. The van der Waals surface area contributed by atoms with Crippen molar-refractivity contribution in [2.45, 2.75) is 12.8 Å². The number of benzene rings is 3. The van der Waals surface area contributed by atoms with Crippen molar-refractivity contribution in [3.8, 4) is 17.2 Å². The average Bonchev–Trinajstić information content (AvgIpc) is 2.82. The van der Waals surface area contributed by atoms with Crippen LogP contribution < -0.4 is 24.8 Å². The van der Waals surface area contributed by atoms with E-state index in [-0.39, 0.29) is 17.4 Å². The zero-order valence-electron chi connectivity index (χ0n) is 18.3. The molecule has 3 aromatic carbocycles. The second-order valence-electron chi connectivity index (χ2n) is 7.06. The van der Waals surface area contributed by atoms with Gasteiger partial charge in [-0.2, -0.15) is 0 Å². The monoisotopic (exact) mass is 518 g/mol. The molecule has 0 aliphatic carbocycles. The molecule has 0 saturated heterocycles. The summed E-state index contributed by atoms with van der Waals surface area (Å²) in [5, 5.41) is 6.81. The van der Waals surface area contributed by atoms with Gasteiger partial charge in [-0.15, -0.1) is 0 Å². The lowest BCUT2D eigenvalue weighted by atomic mass is 10.3. The van der Waals surface area contributed by atoms with E-state index < -0.39 is 0 Å². The largest absolute Gasteiger partial charge is 0.492 e. The van der Waals surface area contributed by atoms with E-state index in [4.69, 9.17) is 49.6 Å². The maximum absolute atomic E-state index is 12.1. The molecule has 34 heavy (non-hydrogen) atoms. The molecule has 0 aromatic heterocycles. The number of thiocarbonyl (C=S) groups is 1. The van der Waals surface area contributed by atoms with Gasteiger partial charge in [0.2, 0.25) is 5.91 Å². The van der Waals surface area contributed by atoms with E-state index >= 15 is 0 Å². The van der Waals surface area contributed by atoms with Gasteiger partial charge in [0.25, 0.3) is 0 Å². The smallest absolute Gasteiger partial charge is 0.226 e. The Labute approximate surface area is 214 Å². The Kier molecular flexibility index (Phi) is 10.3. The number of nitrogens with one attached hydrogen (secondary N) is 2. The number of carbonyl (C=O) groups excluding carboxylic acids is 1. The number of anilines is 1. The van der Waals surface area contributed by atoms with Crippen LogP contribution in [0.4, 0.5) is 5.69 Å². The van der Waals surface area contributed by atoms with Crippen LogP contribution in [0.5, 0.6) is 17.2 Å². The maximum atomic E-state index is 12.1. The molecule has 0 aliphatic rings. The molecular weight excluding hydrogens is 495 g/mol. The Balaban J connectivity index is 1.30. The molecular formula is C25H24Cl2N2O4S. The van der Waals surface area contributed by atoms with Crippen molar-refractivity contribution in [2.24, 2.45) is 0 Å². The van der Waals surface area contributed by atoms with E-state index in [9.17, 15) is 4.79 Å². The van der Waals surface area contributed by atoms with Gasteiger partial charge in [-0.1, -0.05) is 41.4 Å². The molecule has 178 valence electrons. The molecule has 0 aliphatic heterocycles. The average molecular weight is 519 g/mol. The van der Waals surface area contributed by atoms with Gasteiger partial charge < -0.3 is 24.8 Å². The topological polar surface area (TPSA) is 68.8 Å². The third kappa shape index (κ3) is 9.09. The minimum Gasteiger partial charge on any atom is -0.492 e. The van der Waals surface area contributed by atoms with Gasteiger partial charge >= 0.3 is 0 Å². The zero-order valence-corrected chi connectivity index (χ0v) is 20.6. The number of ether oxygens (including phenoxy) is 3. The molecule has 0 heterocycles. The second-order valence-corrected chi connectivity index (χ2v) is 8.32. The summed E-state index contributed by atoms with van der Waals surface area (Å²) in [4.78, 5) is 12.1. The van der Waals surface area contributed by atoms with E-state index in [0.717, 1.165) is 11.4 Å². The van der Waals surface area contributed by atoms with Gasteiger partial charge in [0, 0.05) is 17.1 Å². The standard InChI is InChI=1S/C25H24Cl2N2O4S/c26-18-8-13-23(22(27)17-18)33-14-4-7-24(30)29-25(34)28-19-9-11-21(12-10-19)32-16-15-31-20-5-2-1-3-6-20/h1-3,5-6,8-13,17H,4,7,14-16H2,(H2,28,29,30,34). The van der Waals surface area contributed by atoms with Crippen LogP contribution in [0.25, 0.3) is 0 Å². The highest BCUT2D eigenvalue weighted by molar-refractivity contribution is 7.80. The van der Waals surface area contributed by atoms with Crippen molar-refractivity contribution in [3.63, 3.8) is 0 Å². The second kappa shape index (κ2) is 13.6. The van der Waals surface area contributed by atoms with Crippen LogP contribution in [0, 0.1) is 0 Å². The van der Waals surface area contributed by atoms with Gasteiger partial charge in [0.15, 0.2) is 5.11 Å². The number of rotatable bonds is 11. The van der Waals surface area contributed by atoms with E-state index in [2.05, 4.69) is 10.6 Å². The van der Waals surface area contributed by atoms with E-state index in [1.54, 1.807) is 18.2 Å². The highest BCUT2D eigenvalue weighted by atomic mass is 35.5. The van der Waals surface area contributed by atoms with Crippen LogP contribution in [0.1, 0.15) is 12.8 Å². The fraction of sp³-hybridized carbons (Fsp3) is 0.200. The summed E-state index contributed by atoms with van der Waals surface area (Å²) in [6.45, 7) is 1.20. The predicted molar refractivity (Wildman–Crippen MR) is 139 cm³/mol. The Hall–Kier alpha value is -3.00. The third-order valence-electron chi connectivity index (χ3n) is 4.43. The van der Waals surface area contributed by atoms with E-state index in [0.29, 0.717) is 47.8 Å². The highest BCUT2D eigenvalue weighted by Crippen LogP contribution is 2.27. The molecule has 0 fully saturated rings. The Morgan fingerprint density at radius 2 is 1.50 bits per heavy atom. The molecule has 0 unspecified atom stereocenters. The number of hydrogen-bond donors (Lipinski definition) is 2. The van der Waals surface area contributed by atoms with Gasteiger partial charge in [-0.25, -0.2) is 0 Å². The third-order valence-corrected chi connectivity index (χ3v) is 5.16. The number of amides is 1. The minimum atomic E-state index is -0.207. The molecule has 0 radical (unpaired) electrons. The van der Waals surface area contributed by atoms with Crippen LogP contribution in [0.2, 0.25) is 10.0 Å². The fourth-order valence-corrected chi connectivity index (χ4v) is 3.52.